The molecule has 0 spiro atoms. The van der Waals surface area contributed by atoms with Gasteiger partial charge in [-0.25, -0.2) is 0 Å². The molecule has 0 aromatic carbocycles. The van der Waals surface area contributed by atoms with Gasteiger partial charge in [0.1, 0.15) is 0 Å². The van der Waals surface area contributed by atoms with Crippen molar-refractivity contribution in [2.75, 3.05) is 0 Å². The number of hydrogen-bond donors (Lipinski definition) is 0. The number of hydrogen-bond acceptors (Lipinski definition) is 0. The summed E-state index contributed by atoms with van der Waals surface area (Å²) in [5, 5.41) is 0. The third-order valence-corrected chi connectivity index (χ3v) is 0. The van der Waals surface area contributed by atoms with Crippen molar-refractivity contribution in [2.45, 2.75) is 0 Å². The van der Waals surface area contributed by atoms with Crippen LogP contribution in [-0.2, 0) is 0 Å². The average Bonchev–Trinajstić information content (AvgIpc) is 0. The monoisotopic (exact) mass is 330 g/mol. The predicted octanol–water partition coefficient (Wildman–Crippen LogP) is -2.68. The Morgan fingerprint density at radius 2 is 1.25 bits per heavy atom. The van der Waals surface area contributed by atoms with Crippen LogP contribution in [-0.4, -0.2) is 130 Å². The van der Waals surface area contributed by atoms with E-state index in [1.807, 2.05) is 0 Å². The molecule has 0 aliphatic heterocycles. The summed E-state index contributed by atoms with van der Waals surface area (Å²) in [7, 11) is 0. The standard InChI is InChI=1S/Al.Ba.Ca.In.10H/q;2*+2;;;;;;;;4*-1. The number of rotatable bonds is 0. The molecule has 0 radical (unpaired) electrons. The summed E-state index contributed by atoms with van der Waals surface area (Å²) >= 11 is 0. The average molecular weight is 329 g/mol. The van der Waals surface area contributed by atoms with Crippen molar-refractivity contribution < 1.29 is 5.71 Å². The van der Waals surface area contributed by atoms with Gasteiger partial charge in [0.15, 0.2) is 17.4 Å². The quantitative estimate of drug-likeness (QED) is 0.425. The molecule has 0 aromatic heterocycles. The van der Waals surface area contributed by atoms with Crippen molar-refractivity contribution in [1.82, 2.24) is 0 Å². The van der Waals surface area contributed by atoms with Crippen LogP contribution in [0.15, 0.2) is 0 Å². The van der Waals surface area contributed by atoms with Gasteiger partial charge in [-0.1, -0.05) is 0 Å². The first-order chi connectivity index (χ1) is 0. The van der Waals surface area contributed by atoms with E-state index in [0.717, 1.165) is 0 Å². The fourth-order valence-corrected chi connectivity index (χ4v) is 0. The maximum absolute atomic E-state index is 0. The van der Waals surface area contributed by atoms with Crippen molar-refractivity contribution >= 4 is 130 Å². The first kappa shape index (κ1) is 24.0. The van der Waals surface area contributed by atoms with Crippen LogP contribution >= 0.6 is 0 Å². The maximum atomic E-state index is 0. The SMILES string of the molecule is [AlH3].[Ba+2].[Ca+2].[H-].[H-].[H-].[H-].[InH3]. The van der Waals surface area contributed by atoms with Crippen LogP contribution in [0.5, 0.6) is 0 Å². The van der Waals surface area contributed by atoms with Gasteiger partial charge in [0.2, 0.25) is 0 Å². The predicted molar refractivity (Wildman–Crippen MR) is 35.8 cm³/mol. The molecule has 0 unspecified atom stereocenters. The van der Waals surface area contributed by atoms with Crippen LogP contribution < -0.4 is 0 Å². The second-order valence-corrected chi connectivity index (χ2v) is 0. The molecule has 0 aromatic rings. The Morgan fingerprint density at radius 1 is 1.25 bits per heavy atom. The van der Waals surface area contributed by atoms with E-state index in [4.69, 9.17) is 0 Å². The summed E-state index contributed by atoms with van der Waals surface area (Å²) in [5.74, 6) is 0. The molecule has 0 heterocycles. The van der Waals surface area contributed by atoms with Crippen molar-refractivity contribution in [3.63, 3.8) is 0 Å². The normalized spacial score (nSPS) is 0. The molecule has 20 valence electrons. The topological polar surface area (TPSA) is 0 Å². The van der Waals surface area contributed by atoms with Gasteiger partial charge >= 0.3 is 112 Å². The van der Waals surface area contributed by atoms with E-state index in [-0.39, 0.29) is 136 Å². The second kappa shape index (κ2) is 15.7. The summed E-state index contributed by atoms with van der Waals surface area (Å²) < 4.78 is 0. The van der Waals surface area contributed by atoms with E-state index in [1.54, 1.807) is 0 Å². The summed E-state index contributed by atoms with van der Waals surface area (Å²) in [6, 6.07) is 0. The Kier molecular flexibility index (Phi) is 94.2. The minimum atomic E-state index is 0. The van der Waals surface area contributed by atoms with Gasteiger partial charge in [-0.2, -0.15) is 0 Å². The zero-order chi connectivity index (χ0) is 0. The zero-order valence-corrected chi connectivity index (χ0v) is 8.06. The van der Waals surface area contributed by atoms with E-state index in [1.165, 1.54) is 0 Å². The van der Waals surface area contributed by atoms with E-state index < -0.39 is 0 Å². The molecule has 0 bridgehead atoms. The molecule has 0 rings (SSSR count). The van der Waals surface area contributed by atoms with E-state index >= 15 is 0 Å². The first-order valence-electron chi connectivity index (χ1n) is 0. The van der Waals surface area contributed by atoms with E-state index in [9.17, 15) is 0 Å². The van der Waals surface area contributed by atoms with Gasteiger partial charge in [-0.05, 0) is 0 Å². The van der Waals surface area contributed by atoms with Crippen molar-refractivity contribution in [3.05, 3.63) is 0 Å². The molecular formula is H10AlBaCaIn. The fraction of sp³-hybridized carbons (Fsp3) is 0. The van der Waals surface area contributed by atoms with Crippen molar-refractivity contribution in [1.29, 1.82) is 0 Å². The third kappa shape index (κ3) is 9.53. The van der Waals surface area contributed by atoms with Crippen LogP contribution in [0.2, 0.25) is 0 Å². The Morgan fingerprint density at radius 3 is 1.25 bits per heavy atom. The minimum absolute atomic E-state index is 0. The molecular weight excluding hydrogens is 319 g/mol. The van der Waals surface area contributed by atoms with E-state index in [0.29, 0.717) is 0 Å². The molecule has 4 heteroatoms. The van der Waals surface area contributed by atoms with Crippen LogP contribution in [0.1, 0.15) is 5.71 Å². The Balaban J connectivity index is 0. The fourth-order valence-electron chi connectivity index (χ4n) is 0. The molecule has 0 atom stereocenters. The summed E-state index contributed by atoms with van der Waals surface area (Å²) in [4.78, 5) is 0. The van der Waals surface area contributed by atoms with Crippen molar-refractivity contribution in [2.24, 2.45) is 0 Å². The van der Waals surface area contributed by atoms with Gasteiger partial charge in [-0.3, -0.25) is 0 Å². The van der Waals surface area contributed by atoms with Crippen LogP contribution in [0.25, 0.3) is 0 Å². The Labute approximate surface area is 132 Å². The summed E-state index contributed by atoms with van der Waals surface area (Å²) in [5.41, 5.74) is 0. The van der Waals surface area contributed by atoms with Crippen LogP contribution in [0.4, 0.5) is 0 Å². The molecule has 0 fully saturated rings. The zero-order valence-electron chi connectivity index (χ0n) is 5.41. The Bertz CT molecular complexity index is 16.0. The third-order valence-electron chi connectivity index (χ3n) is 0. The summed E-state index contributed by atoms with van der Waals surface area (Å²) in [6.07, 6.45) is 0. The van der Waals surface area contributed by atoms with Crippen LogP contribution in [0, 0.1) is 0 Å². The van der Waals surface area contributed by atoms with Gasteiger partial charge in [-0.15, -0.1) is 0 Å². The van der Waals surface area contributed by atoms with Gasteiger partial charge in [0.25, 0.3) is 0 Å². The Hall–Kier alpha value is 4.23. The molecule has 4 heavy (non-hydrogen) atoms. The molecule has 0 saturated carbocycles. The van der Waals surface area contributed by atoms with Gasteiger partial charge in [0, 0.05) is 0 Å². The van der Waals surface area contributed by atoms with Crippen LogP contribution in [0.3, 0.4) is 0 Å². The molecule has 0 aliphatic carbocycles. The van der Waals surface area contributed by atoms with E-state index in [2.05, 4.69) is 0 Å². The molecule has 0 saturated heterocycles. The summed E-state index contributed by atoms with van der Waals surface area (Å²) in [6.45, 7) is 0. The molecule has 0 nitrogen and oxygen atoms in total. The first-order valence-corrected chi connectivity index (χ1v) is 0. The van der Waals surface area contributed by atoms with Gasteiger partial charge in [0.05, 0.1) is 0 Å². The second-order valence-electron chi connectivity index (χ2n) is 0. The molecule has 0 N–H and O–H groups in total. The van der Waals surface area contributed by atoms with Crippen molar-refractivity contribution in [3.8, 4) is 0 Å². The van der Waals surface area contributed by atoms with Gasteiger partial charge < -0.3 is 5.71 Å². The molecule has 0 aliphatic rings. The molecule has 0 amide bonds.